The fourth-order valence-corrected chi connectivity index (χ4v) is 4.64. The molecular formula is C14H21ClN2O2S. The molecule has 0 unspecified atom stereocenters. The molecule has 6 heteroatoms. The van der Waals surface area contributed by atoms with Crippen LogP contribution in [0.3, 0.4) is 0 Å². The van der Waals surface area contributed by atoms with E-state index in [0.717, 1.165) is 12.8 Å². The van der Waals surface area contributed by atoms with E-state index in [1.54, 1.807) is 29.4 Å². The fourth-order valence-electron chi connectivity index (χ4n) is 2.63. The van der Waals surface area contributed by atoms with E-state index in [9.17, 15) is 8.42 Å². The van der Waals surface area contributed by atoms with Gasteiger partial charge < -0.3 is 5.73 Å². The summed E-state index contributed by atoms with van der Waals surface area (Å²) < 4.78 is 27.1. The molecular weight excluding hydrogens is 296 g/mol. The van der Waals surface area contributed by atoms with Crippen molar-refractivity contribution in [2.75, 3.05) is 13.1 Å². The molecule has 1 aromatic carbocycles. The molecule has 0 aromatic heterocycles. The number of hydrogen-bond acceptors (Lipinski definition) is 3. The van der Waals surface area contributed by atoms with E-state index in [-0.39, 0.29) is 12.0 Å². The number of hydrogen-bond donors (Lipinski definition) is 1. The molecule has 4 nitrogen and oxygen atoms in total. The molecule has 1 aliphatic rings. The van der Waals surface area contributed by atoms with Crippen LogP contribution in [0.5, 0.6) is 0 Å². The Balaban J connectivity index is 2.33. The Morgan fingerprint density at radius 2 is 2.15 bits per heavy atom. The van der Waals surface area contributed by atoms with Crippen LogP contribution in [0.1, 0.15) is 25.3 Å². The van der Waals surface area contributed by atoms with E-state index in [1.807, 2.05) is 6.92 Å². The van der Waals surface area contributed by atoms with Crippen LogP contribution < -0.4 is 5.73 Å². The molecule has 0 bridgehead atoms. The zero-order valence-corrected chi connectivity index (χ0v) is 13.4. The highest BCUT2D eigenvalue weighted by molar-refractivity contribution is 7.89. The molecule has 112 valence electrons. The van der Waals surface area contributed by atoms with Crippen molar-refractivity contribution in [3.05, 3.63) is 28.8 Å². The second kappa shape index (κ2) is 6.02. The zero-order valence-electron chi connectivity index (χ0n) is 11.8. The molecule has 1 aliphatic heterocycles. The lowest BCUT2D eigenvalue weighted by Gasteiger charge is -2.34. The Kier molecular flexibility index (Phi) is 4.74. The SMILES string of the molecule is Cc1c(Cl)cccc1S(=O)(=O)N1CCC[C@H]([C@@H](C)N)C1. The van der Waals surface area contributed by atoms with Crippen LogP contribution in [-0.4, -0.2) is 31.9 Å². The van der Waals surface area contributed by atoms with Gasteiger partial charge in [-0.05, 0) is 50.3 Å². The summed E-state index contributed by atoms with van der Waals surface area (Å²) in [5.74, 6) is 0.220. The van der Waals surface area contributed by atoms with Crippen molar-refractivity contribution in [2.24, 2.45) is 11.7 Å². The summed E-state index contributed by atoms with van der Waals surface area (Å²) >= 11 is 6.03. The van der Waals surface area contributed by atoms with Gasteiger partial charge in [0.05, 0.1) is 4.90 Å². The number of nitrogens with zero attached hydrogens (tertiary/aromatic N) is 1. The molecule has 1 heterocycles. The Morgan fingerprint density at radius 3 is 2.80 bits per heavy atom. The standard InChI is InChI=1S/C14H21ClN2O2S/c1-10-13(15)6-3-7-14(10)20(18,19)17-8-4-5-12(9-17)11(2)16/h3,6-7,11-12H,4-5,8-9,16H2,1-2H3/t11-,12+/m1/s1. The van der Waals surface area contributed by atoms with Gasteiger partial charge in [0.1, 0.15) is 0 Å². The van der Waals surface area contributed by atoms with Crippen molar-refractivity contribution in [1.82, 2.24) is 4.31 Å². The van der Waals surface area contributed by atoms with E-state index in [0.29, 0.717) is 28.6 Å². The average Bonchev–Trinajstić information content (AvgIpc) is 2.41. The highest BCUT2D eigenvalue weighted by Gasteiger charge is 2.32. The van der Waals surface area contributed by atoms with E-state index in [4.69, 9.17) is 17.3 Å². The Morgan fingerprint density at radius 1 is 1.45 bits per heavy atom. The van der Waals surface area contributed by atoms with Gasteiger partial charge in [0.15, 0.2) is 0 Å². The fraction of sp³-hybridized carbons (Fsp3) is 0.571. The molecule has 0 spiro atoms. The van der Waals surface area contributed by atoms with E-state index >= 15 is 0 Å². The predicted octanol–water partition coefficient (Wildman–Crippen LogP) is 2.40. The third-order valence-electron chi connectivity index (χ3n) is 4.00. The molecule has 2 rings (SSSR count). The summed E-state index contributed by atoms with van der Waals surface area (Å²) in [5, 5.41) is 0.479. The van der Waals surface area contributed by atoms with E-state index in [1.165, 1.54) is 0 Å². The largest absolute Gasteiger partial charge is 0.328 e. The maximum absolute atomic E-state index is 12.8. The van der Waals surface area contributed by atoms with Crippen molar-refractivity contribution in [3.63, 3.8) is 0 Å². The lowest BCUT2D eigenvalue weighted by atomic mass is 9.93. The topological polar surface area (TPSA) is 63.4 Å². The normalized spacial score (nSPS) is 22.7. The van der Waals surface area contributed by atoms with Crippen LogP contribution in [0.2, 0.25) is 5.02 Å². The Labute approximate surface area is 126 Å². The Bertz CT molecular complexity index is 587. The number of piperidine rings is 1. The number of sulfonamides is 1. The molecule has 0 saturated carbocycles. The van der Waals surface area contributed by atoms with Crippen LogP contribution in [-0.2, 0) is 10.0 Å². The number of nitrogens with two attached hydrogens (primary N) is 1. The summed E-state index contributed by atoms with van der Waals surface area (Å²) in [6.45, 7) is 4.72. The highest BCUT2D eigenvalue weighted by atomic mass is 35.5. The zero-order chi connectivity index (χ0) is 14.9. The summed E-state index contributed by atoms with van der Waals surface area (Å²) in [5.41, 5.74) is 6.53. The van der Waals surface area contributed by atoms with Crippen molar-refractivity contribution in [3.8, 4) is 0 Å². The molecule has 0 radical (unpaired) electrons. The summed E-state index contributed by atoms with van der Waals surface area (Å²) in [6.07, 6.45) is 1.84. The maximum Gasteiger partial charge on any atom is 0.243 e. The summed E-state index contributed by atoms with van der Waals surface area (Å²) in [6, 6.07) is 5.01. The van der Waals surface area contributed by atoms with E-state index < -0.39 is 10.0 Å². The third-order valence-corrected chi connectivity index (χ3v) is 6.42. The monoisotopic (exact) mass is 316 g/mol. The molecule has 2 N–H and O–H groups in total. The summed E-state index contributed by atoms with van der Waals surface area (Å²) in [4.78, 5) is 0.301. The van der Waals surface area contributed by atoms with Gasteiger partial charge >= 0.3 is 0 Å². The first-order valence-electron chi connectivity index (χ1n) is 6.85. The second-order valence-electron chi connectivity index (χ2n) is 5.49. The van der Waals surface area contributed by atoms with Crippen molar-refractivity contribution >= 4 is 21.6 Å². The minimum atomic E-state index is -3.49. The minimum Gasteiger partial charge on any atom is -0.328 e. The van der Waals surface area contributed by atoms with Crippen molar-refractivity contribution in [1.29, 1.82) is 0 Å². The number of benzene rings is 1. The maximum atomic E-state index is 12.8. The van der Waals surface area contributed by atoms with Crippen LogP contribution in [0.25, 0.3) is 0 Å². The highest BCUT2D eigenvalue weighted by Crippen LogP contribution is 2.29. The van der Waals surface area contributed by atoms with Gasteiger partial charge in [0.2, 0.25) is 10.0 Å². The molecule has 20 heavy (non-hydrogen) atoms. The molecule has 2 atom stereocenters. The molecule has 1 aromatic rings. The quantitative estimate of drug-likeness (QED) is 0.931. The average molecular weight is 317 g/mol. The van der Waals surface area contributed by atoms with Gasteiger partial charge in [-0.15, -0.1) is 0 Å². The number of halogens is 1. The minimum absolute atomic E-state index is 0.00783. The van der Waals surface area contributed by atoms with Crippen LogP contribution in [0.4, 0.5) is 0 Å². The Hall–Kier alpha value is -0.620. The van der Waals surface area contributed by atoms with E-state index in [2.05, 4.69) is 0 Å². The van der Waals surface area contributed by atoms with Gasteiger partial charge in [0, 0.05) is 24.2 Å². The van der Waals surface area contributed by atoms with Gasteiger partial charge in [0.25, 0.3) is 0 Å². The summed E-state index contributed by atoms with van der Waals surface area (Å²) in [7, 11) is -3.49. The molecule has 0 amide bonds. The molecule has 1 saturated heterocycles. The van der Waals surface area contributed by atoms with Gasteiger partial charge in [-0.1, -0.05) is 17.7 Å². The lowest BCUT2D eigenvalue weighted by molar-refractivity contribution is 0.243. The van der Waals surface area contributed by atoms with Gasteiger partial charge in [-0.2, -0.15) is 4.31 Å². The van der Waals surface area contributed by atoms with Crippen molar-refractivity contribution in [2.45, 2.75) is 37.6 Å². The third kappa shape index (κ3) is 3.01. The predicted molar refractivity (Wildman–Crippen MR) is 81.3 cm³/mol. The lowest BCUT2D eigenvalue weighted by Crippen LogP contribution is -2.45. The van der Waals surface area contributed by atoms with Crippen LogP contribution in [0, 0.1) is 12.8 Å². The van der Waals surface area contributed by atoms with Gasteiger partial charge in [-0.25, -0.2) is 8.42 Å². The van der Waals surface area contributed by atoms with Gasteiger partial charge in [-0.3, -0.25) is 0 Å². The number of rotatable bonds is 3. The first-order chi connectivity index (χ1) is 9.34. The first-order valence-corrected chi connectivity index (χ1v) is 8.66. The first kappa shape index (κ1) is 15.8. The second-order valence-corrected chi connectivity index (χ2v) is 7.80. The van der Waals surface area contributed by atoms with Crippen LogP contribution in [0.15, 0.2) is 23.1 Å². The van der Waals surface area contributed by atoms with Crippen LogP contribution >= 0.6 is 11.6 Å². The smallest absolute Gasteiger partial charge is 0.243 e. The van der Waals surface area contributed by atoms with Crippen molar-refractivity contribution < 1.29 is 8.42 Å². The molecule has 1 fully saturated rings. The molecule has 0 aliphatic carbocycles.